The van der Waals surface area contributed by atoms with E-state index in [0.717, 1.165) is 0 Å². The molecule has 2 rings (SSSR count). The molecule has 70 valence electrons. The van der Waals surface area contributed by atoms with E-state index < -0.39 is 0 Å². The van der Waals surface area contributed by atoms with Crippen LogP contribution in [0.4, 0.5) is 0 Å². The van der Waals surface area contributed by atoms with Crippen molar-refractivity contribution in [3.05, 3.63) is 30.1 Å². The maximum Gasteiger partial charge on any atom is 0.0324 e. The second kappa shape index (κ2) is 3.88. The first-order valence-electron chi connectivity index (χ1n) is 5.03. The first-order chi connectivity index (χ1) is 6.38. The molecule has 1 saturated carbocycles. The van der Waals surface area contributed by atoms with Gasteiger partial charge in [0, 0.05) is 18.4 Å². The first kappa shape index (κ1) is 8.70. The summed E-state index contributed by atoms with van der Waals surface area (Å²) in [6, 6.07) is 4.29. The van der Waals surface area contributed by atoms with Crippen molar-refractivity contribution in [3.63, 3.8) is 0 Å². The number of aromatic nitrogens is 1. The van der Waals surface area contributed by atoms with E-state index in [1.54, 1.807) is 0 Å². The van der Waals surface area contributed by atoms with Gasteiger partial charge in [0.2, 0.25) is 0 Å². The van der Waals surface area contributed by atoms with Gasteiger partial charge in [-0.3, -0.25) is 4.98 Å². The highest BCUT2D eigenvalue weighted by atomic mass is 14.7. The molecule has 13 heavy (non-hydrogen) atoms. The van der Waals surface area contributed by atoms with E-state index in [9.17, 15) is 0 Å². The molecule has 0 aromatic carbocycles. The maximum absolute atomic E-state index is 6.17. The van der Waals surface area contributed by atoms with Crippen LogP contribution in [0.5, 0.6) is 0 Å². The van der Waals surface area contributed by atoms with Crippen LogP contribution in [-0.4, -0.2) is 4.98 Å². The smallest absolute Gasteiger partial charge is 0.0324 e. The van der Waals surface area contributed by atoms with Crippen LogP contribution in [0.25, 0.3) is 0 Å². The van der Waals surface area contributed by atoms with E-state index in [4.69, 9.17) is 5.73 Å². The average molecular weight is 176 g/mol. The third kappa shape index (κ3) is 1.89. The summed E-state index contributed by atoms with van der Waals surface area (Å²) in [6.07, 6.45) is 8.94. The van der Waals surface area contributed by atoms with Gasteiger partial charge in [0.1, 0.15) is 0 Å². The minimum absolute atomic E-state index is 0.227. The van der Waals surface area contributed by atoms with Crippen LogP contribution in [0, 0.1) is 5.92 Å². The lowest BCUT2D eigenvalue weighted by atomic mass is 9.93. The Morgan fingerprint density at radius 2 is 1.85 bits per heavy atom. The van der Waals surface area contributed by atoms with Gasteiger partial charge < -0.3 is 5.73 Å². The molecule has 1 unspecified atom stereocenters. The summed E-state index contributed by atoms with van der Waals surface area (Å²) in [4.78, 5) is 4.00. The SMILES string of the molecule is NC(c1ccncc1)C1CCCC1. The summed E-state index contributed by atoms with van der Waals surface area (Å²) in [5.41, 5.74) is 7.41. The summed E-state index contributed by atoms with van der Waals surface area (Å²) in [5, 5.41) is 0. The zero-order chi connectivity index (χ0) is 9.10. The van der Waals surface area contributed by atoms with Gasteiger partial charge >= 0.3 is 0 Å². The monoisotopic (exact) mass is 176 g/mol. The number of hydrogen-bond donors (Lipinski definition) is 1. The predicted octanol–water partition coefficient (Wildman–Crippen LogP) is 2.27. The van der Waals surface area contributed by atoms with Crippen LogP contribution in [0.2, 0.25) is 0 Å². The van der Waals surface area contributed by atoms with Gasteiger partial charge in [0.25, 0.3) is 0 Å². The van der Waals surface area contributed by atoms with Gasteiger partial charge in [-0.25, -0.2) is 0 Å². The quantitative estimate of drug-likeness (QED) is 0.750. The summed E-state index contributed by atoms with van der Waals surface area (Å²) >= 11 is 0. The summed E-state index contributed by atoms with van der Waals surface area (Å²) in [6.45, 7) is 0. The minimum atomic E-state index is 0.227. The summed E-state index contributed by atoms with van der Waals surface area (Å²) < 4.78 is 0. The molecule has 0 spiro atoms. The zero-order valence-electron chi connectivity index (χ0n) is 7.82. The number of pyridine rings is 1. The van der Waals surface area contributed by atoms with Gasteiger partial charge in [-0.05, 0) is 36.5 Å². The third-order valence-corrected chi connectivity index (χ3v) is 3.00. The van der Waals surface area contributed by atoms with E-state index in [1.807, 2.05) is 24.5 Å². The van der Waals surface area contributed by atoms with E-state index >= 15 is 0 Å². The van der Waals surface area contributed by atoms with Crippen LogP contribution in [0.15, 0.2) is 24.5 Å². The van der Waals surface area contributed by atoms with Crippen LogP contribution in [0.1, 0.15) is 37.3 Å². The fourth-order valence-electron chi connectivity index (χ4n) is 2.17. The third-order valence-electron chi connectivity index (χ3n) is 3.00. The van der Waals surface area contributed by atoms with Gasteiger partial charge in [0.05, 0.1) is 0 Å². The molecule has 2 heteroatoms. The molecule has 1 heterocycles. The lowest BCUT2D eigenvalue weighted by molar-refractivity contribution is 0.444. The number of nitrogens with two attached hydrogens (primary N) is 1. The van der Waals surface area contributed by atoms with E-state index in [0.29, 0.717) is 5.92 Å². The average Bonchev–Trinajstić information content (AvgIpc) is 2.71. The molecule has 1 aliphatic carbocycles. The van der Waals surface area contributed by atoms with Gasteiger partial charge in [-0.2, -0.15) is 0 Å². The first-order valence-corrected chi connectivity index (χ1v) is 5.03. The highest BCUT2D eigenvalue weighted by Gasteiger charge is 2.22. The molecule has 0 aliphatic heterocycles. The Bertz CT molecular complexity index is 252. The van der Waals surface area contributed by atoms with Crippen molar-refractivity contribution in [1.82, 2.24) is 4.98 Å². The molecule has 0 bridgehead atoms. The molecule has 1 aromatic rings. The lowest BCUT2D eigenvalue weighted by Crippen LogP contribution is -2.18. The number of rotatable bonds is 2. The fourth-order valence-corrected chi connectivity index (χ4v) is 2.17. The second-order valence-electron chi connectivity index (χ2n) is 3.85. The van der Waals surface area contributed by atoms with Crippen molar-refractivity contribution in [2.24, 2.45) is 11.7 Å². The van der Waals surface area contributed by atoms with Crippen molar-refractivity contribution in [2.45, 2.75) is 31.7 Å². The molecule has 0 radical (unpaired) electrons. The van der Waals surface area contributed by atoms with Crippen LogP contribution >= 0.6 is 0 Å². The van der Waals surface area contributed by atoms with Crippen LogP contribution < -0.4 is 5.73 Å². The van der Waals surface area contributed by atoms with Crippen molar-refractivity contribution >= 4 is 0 Å². The van der Waals surface area contributed by atoms with E-state index in [-0.39, 0.29) is 6.04 Å². The van der Waals surface area contributed by atoms with Gasteiger partial charge in [-0.1, -0.05) is 12.8 Å². The number of hydrogen-bond acceptors (Lipinski definition) is 2. The fraction of sp³-hybridized carbons (Fsp3) is 0.545. The second-order valence-corrected chi connectivity index (χ2v) is 3.85. The van der Waals surface area contributed by atoms with Crippen molar-refractivity contribution in [1.29, 1.82) is 0 Å². The normalized spacial score (nSPS) is 20.4. The van der Waals surface area contributed by atoms with E-state index in [1.165, 1.54) is 31.2 Å². The molecular formula is C11H16N2. The molecule has 1 aromatic heterocycles. The van der Waals surface area contributed by atoms with Crippen molar-refractivity contribution in [3.8, 4) is 0 Å². The standard InChI is InChI=1S/C11H16N2/c12-11(9-3-1-2-4-9)10-5-7-13-8-6-10/h5-9,11H,1-4,12H2. The minimum Gasteiger partial charge on any atom is -0.324 e. The highest BCUT2D eigenvalue weighted by Crippen LogP contribution is 2.33. The molecule has 1 atom stereocenters. The molecule has 1 aliphatic rings. The zero-order valence-corrected chi connectivity index (χ0v) is 7.82. The van der Waals surface area contributed by atoms with Gasteiger partial charge in [0.15, 0.2) is 0 Å². The number of nitrogens with zero attached hydrogens (tertiary/aromatic N) is 1. The molecule has 2 nitrogen and oxygen atoms in total. The predicted molar refractivity (Wildman–Crippen MR) is 53.1 cm³/mol. The Labute approximate surface area is 79.2 Å². The molecule has 0 amide bonds. The Balaban J connectivity index is 2.08. The highest BCUT2D eigenvalue weighted by molar-refractivity contribution is 5.15. The maximum atomic E-state index is 6.17. The lowest BCUT2D eigenvalue weighted by Gasteiger charge is -2.18. The Morgan fingerprint density at radius 1 is 1.23 bits per heavy atom. The summed E-state index contributed by atoms with van der Waals surface area (Å²) in [7, 11) is 0. The van der Waals surface area contributed by atoms with E-state index in [2.05, 4.69) is 4.98 Å². The largest absolute Gasteiger partial charge is 0.324 e. The topological polar surface area (TPSA) is 38.9 Å². The van der Waals surface area contributed by atoms with Crippen LogP contribution in [0.3, 0.4) is 0 Å². The Kier molecular flexibility index (Phi) is 2.60. The Hall–Kier alpha value is -0.890. The molecule has 2 N–H and O–H groups in total. The van der Waals surface area contributed by atoms with Gasteiger partial charge in [-0.15, -0.1) is 0 Å². The van der Waals surface area contributed by atoms with Crippen molar-refractivity contribution in [2.75, 3.05) is 0 Å². The summed E-state index contributed by atoms with van der Waals surface area (Å²) in [5.74, 6) is 0.697. The molecular weight excluding hydrogens is 160 g/mol. The van der Waals surface area contributed by atoms with Crippen LogP contribution in [-0.2, 0) is 0 Å². The van der Waals surface area contributed by atoms with Crippen molar-refractivity contribution < 1.29 is 0 Å². The molecule has 1 fully saturated rings. The Morgan fingerprint density at radius 3 is 2.46 bits per heavy atom. The molecule has 0 saturated heterocycles.